The Morgan fingerprint density at radius 3 is 1.82 bits per heavy atom. The third-order valence-electron chi connectivity index (χ3n) is 7.54. The summed E-state index contributed by atoms with van der Waals surface area (Å²) in [5.74, 6) is 2.95. The van der Waals surface area contributed by atoms with Gasteiger partial charge in [-0.25, -0.2) is 0 Å². The highest BCUT2D eigenvalue weighted by atomic mass is 14.3. The number of hydrogen-bond donors (Lipinski definition) is 0. The lowest BCUT2D eigenvalue weighted by atomic mass is 9.70. The zero-order chi connectivity index (χ0) is 19.3. The van der Waals surface area contributed by atoms with Crippen LogP contribution in [0.3, 0.4) is 0 Å². The summed E-state index contributed by atoms with van der Waals surface area (Å²) in [6.07, 6.45) is 15.0. The molecular weight excluding hydrogens is 336 g/mol. The summed E-state index contributed by atoms with van der Waals surface area (Å²) in [7, 11) is 0. The van der Waals surface area contributed by atoms with Crippen LogP contribution in [0.15, 0.2) is 54.6 Å². The molecule has 2 aliphatic rings. The van der Waals surface area contributed by atoms with E-state index in [2.05, 4.69) is 68.5 Å². The molecule has 0 heterocycles. The van der Waals surface area contributed by atoms with E-state index in [9.17, 15) is 0 Å². The molecule has 0 heteroatoms. The molecule has 1 atom stereocenters. The standard InChI is InChI=1S/C28H36/c1-3-21-5-9-23(10-6-21)25-13-17-27(18-14-25)28-19-15-26(16-20-28)24-11-7-22(4-2)8-12-24/h5-6,9-10,13-14,17-19,22,24,26H,3-4,7-8,11-12,15-16,20H2,1-2H3. The predicted octanol–water partition coefficient (Wildman–Crippen LogP) is 8.32. The van der Waals surface area contributed by atoms with Gasteiger partial charge in [0.25, 0.3) is 0 Å². The molecule has 0 nitrogen and oxygen atoms in total. The Kier molecular flexibility index (Phi) is 6.35. The molecule has 28 heavy (non-hydrogen) atoms. The van der Waals surface area contributed by atoms with Crippen molar-refractivity contribution in [3.05, 3.63) is 65.7 Å². The van der Waals surface area contributed by atoms with Crippen LogP contribution < -0.4 is 0 Å². The highest BCUT2D eigenvalue weighted by Crippen LogP contribution is 2.41. The van der Waals surface area contributed by atoms with Crippen molar-refractivity contribution in [1.29, 1.82) is 0 Å². The fourth-order valence-corrected chi connectivity index (χ4v) is 5.42. The summed E-state index contributed by atoms with van der Waals surface area (Å²) >= 11 is 0. The van der Waals surface area contributed by atoms with Gasteiger partial charge in [-0.15, -0.1) is 0 Å². The first kappa shape index (κ1) is 19.5. The van der Waals surface area contributed by atoms with Gasteiger partial charge in [-0.2, -0.15) is 0 Å². The summed E-state index contributed by atoms with van der Waals surface area (Å²) in [5, 5.41) is 0. The molecule has 2 aliphatic carbocycles. The van der Waals surface area contributed by atoms with E-state index in [0.717, 1.165) is 24.2 Å². The third kappa shape index (κ3) is 4.43. The summed E-state index contributed by atoms with van der Waals surface area (Å²) < 4.78 is 0. The van der Waals surface area contributed by atoms with Crippen LogP contribution in [0, 0.1) is 17.8 Å². The molecule has 1 unspecified atom stereocenters. The zero-order valence-electron chi connectivity index (χ0n) is 17.8. The quantitative estimate of drug-likeness (QED) is 0.495. The van der Waals surface area contributed by atoms with Crippen molar-refractivity contribution in [2.75, 3.05) is 0 Å². The third-order valence-corrected chi connectivity index (χ3v) is 7.54. The van der Waals surface area contributed by atoms with Crippen LogP contribution >= 0.6 is 0 Å². The predicted molar refractivity (Wildman–Crippen MR) is 122 cm³/mol. The largest absolute Gasteiger partial charge is 0.0804 e. The maximum Gasteiger partial charge on any atom is -0.0184 e. The van der Waals surface area contributed by atoms with E-state index in [0.29, 0.717) is 0 Å². The molecule has 0 bridgehead atoms. The molecule has 0 aromatic heterocycles. The molecule has 0 amide bonds. The zero-order valence-corrected chi connectivity index (χ0v) is 17.8. The minimum Gasteiger partial charge on any atom is -0.0804 e. The molecule has 2 aromatic rings. The topological polar surface area (TPSA) is 0 Å². The Morgan fingerprint density at radius 1 is 0.679 bits per heavy atom. The molecule has 148 valence electrons. The van der Waals surface area contributed by atoms with Crippen LogP contribution in [0.4, 0.5) is 0 Å². The summed E-state index contributed by atoms with van der Waals surface area (Å²) in [4.78, 5) is 0. The fraction of sp³-hybridized carbons (Fsp3) is 0.500. The second kappa shape index (κ2) is 9.12. The van der Waals surface area contributed by atoms with Gasteiger partial charge in [0.15, 0.2) is 0 Å². The lowest BCUT2D eigenvalue weighted by Gasteiger charge is -2.35. The molecule has 1 fully saturated rings. The number of rotatable bonds is 5. The molecule has 0 aliphatic heterocycles. The van der Waals surface area contributed by atoms with Gasteiger partial charge in [0.05, 0.1) is 0 Å². The number of benzene rings is 2. The maximum atomic E-state index is 2.56. The molecule has 0 saturated heterocycles. The van der Waals surface area contributed by atoms with Crippen LogP contribution in [0.1, 0.15) is 76.3 Å². The minimum absolute atomic E-state index is 0.943. The first-order valence-corrected chi connectivity index (χ1v) is 11.7. The number of hydrogen-bond acceptors (Lipinski definition) is 0. The van der Waals surface area contributed by atoms with E-state index in [1.54, 1.807) is 5.57 Å². The molecular formula is C28H36. The van der Waals surface area contributed by atoms with Crippen LogP contribution in [0.5, 0.6) is 0 Å². The Balaban J connectivity index is 1.38. The van der Waals surface area contributed by atoms with E-state index in [1.807, 2.05) is 0 Å². The van der Waals surface area contributed by atoms with Gasteiger partial charge in [0.2, 0.25) is 0 Å². The SMILES string of the molecule is CCc1ccc(-c2ccc(C3=CCC(C4CCC(CC)CC4)CC3)cc2)cc1. The van der Waals surface area contributed by atoms with Crippen LogP contribution in [-0.2, 0) is 6.42 Å². The van der Waals surface area contributed by atoms with Crippen LogP contribution in [0.2, 0.25) is 0 Å². The Labute approximate surface area is 172 Å². The van der Waals surface area contributed by atoms with Gasteiger partial charge in [-0.05, 0) is 84.1 Å². The Bertz CT molecular complexity index is 770. The average Bonchev–Trinajstić information content (AvgIpc) is 2.79. The van der Waals surface area contributed by atoms with Crippen molar-refractivity contribution in [3.63, 3.8) is 0 Å². The first-order chi connectivity index (χ1) is 13.8. The number of aryl methyl sites for hydroxylation is 1. The van der Waals surface area contributed by atoms with Crippen molar-refractivity contribution in [1.82, 2.24) is 0 Å². The molecule has 1 saturated carbocycles. The summed E-state index contributed by atoms with van der Waals surface area (Å²) in [6, 6.07) is 18.3. The maximum absolute atomic E-state index is 2.56. The van der Waals surface area contributed by atoms with Crippen LogP contribution in [0.25, 0.3) is 16.7 Å². The van der Waals surface area contributed by atoms with E-state index < -0.39 is 0 Å². The fourth-order valence-electron chi connectivity index (χ4n) is 5.42. The Hall–Kier alpha value is -1.82. The van der Waals surface area contributed by atoms with E-state index in [-0.39, 0.29) is 0 Å². The highest BCUT2D eigenvalue weighted by molar-refractivity contribution is 5.71. The smallest absolute Gasteiger partial charge is 0.0184 e. The van der Waals surface area contributed by atoms with E-state index >= 15 is 0 Å². The first-order valence-electron chi connectivity index (χ1n) is 11.7. The second-order valence-electron chi connectivity index (χ2n) is 9.08. The summed E-state index contributed by atoms with van der Waals surface area (Å²) in [6.45, 7) is 4.58. The lowest BCUT2D eigenvalue weighted by Crippen LogP contribution is -2.22. The van der Waals surface area contributed by atoms with Crippen molar-refractivity contribution in [2.45, 2.75) is 71.6 Å². The van der Waals surface area contributed by atoms with Crippen molar-refractivity contribution in [3.8, 4) is 11.1 Å². The van der Waals surface area contributed by atoms with Gasteiger partial charge in [-0.3, -0.25) is 0 Å². The van der Waals surface area contributed by atoms with Gasteiger partial charge >= 0.3 is 0 Å². The summed E-state index contributed by atoms with van der Waals surface area (Å²) in [5.41, 5.74) is 7.07. The van der Waals surface area contributed by atoms with E-state index in [1.165, 1.54) is 73.6 Å². The average molecular weight is 373 g/mol. The monoisotopic (exact) mass is 372 g/mol. The van der Waals surface area contributed by atoms with Crippen LogP contribution in [-0.4, -0.2) is 0 Å². The minimum atomic E-state index is 0.943. The normalized spacial score (nSPS) is 25.4. The van der Waals surface area contributed by atoms with Gasteiger partial charge in [-0.1, -0.05) is 87.7 Å². The Morgan fingerprint density at radius 2 is 1.29 bits per heavy atom. The van der Waals surface area contributed by atoms with Crippen molar-refractivity contribution < 1.29 is 0 Å². The molecule has 0 N–H and O–H groups in total. The highest BCUT2D eigenvalue weighted by Gasteiger charge is 2.28. The molecule has 0 spiro atoms. The second-order valence-corrected chi connectivity index (χ2v) is 9.08. The molecule has 2 aromatic carbocycles. The molecule has 4 rings (SSSR count). The van der Waals surface area contributed by atoms with Gasteiger partial charge < -0.3 is 0 Å². The van der Waals surface area contributed by atoms with Gasteiger partial charge in [0.1, 0.15) is 0 Å². The lowest BCUT2D eigenvalue weighted by molar-refractivity contribution is 0.192. The number of allylic oxidation sites excluding steroid dienone is 2. The van der Waals surface area contributed by atoms with Gasteiger partial charge in [0, 0.05) is 0 Å². The molecule has 0 radical (unpaired) electrons. The van der Waals surface area contributed by atoms with E-state index in [4.69, 9.17) is 0 Å². The van der Waals surface area contributed by atoms with Crippen molar-refractivity contribution in [2.24, 2.45) is 17.8 Å². The van der Waals surface area contributed by atoms with Crippen molar-refractivity contribution >= 4 is 5.57 Å².